The maximum Gasteiger partial charge on any atom is 0.317 e. The number of hydrogen-bond donors (Lipinski definition) is 1. The molecule has 1 aliphatic carbocycles. The molecule has 1 atom stereocenters. The lowest BCUT2D eigenvalue weighted by molar-refractivity contribution is 0.190. The second kappa shape index (κ2) is 7.32. The van der Waals surface area contributed by atoms with Crippen LogP contribution in [0.15, 0.2) is 24.3 Å². The summed E-state index contributed by atoms with van der Waals surface area (Å²) < 4.78 is 0. The van der Waals surface area contributed by atoms with Crippen molar-refractivity contribution < 1.29 is 4.79 Å². The zero-order valence-electron chi connectivity index (χ0n) is 14.7. The van der Waals surface area contributed by atoms with Crippen LogP contribution in [0.2, 0.25) is 5.02 Å². The Morgan fingerprint density at radius 1 is 1.33 bits per heavy atom. The standard InChI is InChI=1S/C19H28ClN3O/c1-15(23-12-5-6-13-23)9-14-22(2)18(24)21-19(10-11-19)16-7-3-4-8-17(16)20/h3-4,7-8,15H,5-6,9-14H2,1-2H3,(H,21,24)/t15-/m1/s1. The van der Waals surface area contributed by atoms with Gasteiger partial charge in [-0.05, 0) is 63.7 Å². The SMILES string of the molecule is C[C@H](CCN(C)C(=O)NC1(c2ccccc2Cl)CC1)N1CCCC1. The van der Waals surface area contributed by atoms with Gasteiger partial charge in [0.1, 0.15) is 0 Å². The van der Waals surface area contributed by atoms with E-state index in [0.717, 1.165) is 36.4 Å². The lowest BCUT2D eigenvalue weighted by atomic mass is 10.1. The van der Waals surface area contributed by atoms with E-state index in [2.05, 4.69) is 17.1 Å². The predicted molar refractivity (Wildman–Crippen MR) is 98.4 cm³/mol. The lowest BCUT2D eigenvalue weighted by Crippen LogP contribution is -2.44. The first-order chi connectivity index (χ1) is 11.5. The molecule has 0 radical (unpaired) electrons. The summed E-state index contributed by atoms with van der Waals surface area (Å²) in [5.74, 6) is 0. The molecule has 2 aliphatic rings. The molecule has 2 fully saturated rings. The maximum absolute atomic E-state index is 12.6. The number of amides is 2. The van der Waals surface area contributed by atoms with Crippen LogP contribution in [0.25, 0.3) is 0 Å². The van der Waals surface area contributed by atoms with Gasteiger partial charge in [0.25, 0.3) is 0 Å². The maximum atomic E-state index is 12.6. The van der Waals surface area contributed by atoms with Crippen LogP contribution in [0, 0.1) is 0 Å². The van der Waals surface area contributed by atoms with Crippen molar-refractivity contribution >= 4 is 17.6 Å². The van der Waals surface area contributed by atoms with Crippen molar-refractivity contribution in [3.63, 3.8) is 0 Å². The summed E-state index contributed by atoms with van der Waals surface area (Å²) in [5, 5.41) is 3.94. The Bertz CT molecular complexity index is 582. The average Bonchev–Trinajstić information content (AvgIpc) is 3.13. The van der Waals surface area contributed by atoms with Crippen LogP contribution in [0.4, 0.5) is 4.79 Å². The van der Waals surface area contributed by atoms with E-state index in [1.165, 1.54) is 25.9 Å². The summed E-state index contributed by atoms with van der Waals surface area (Å²) in [6.45, 7) is 5.45. The second-order valence-electron chi connectivity index (χ2n) is 7.29. The number of nitrogens with one attached hydrogen (secondary N) is 1. The zero-order valence-corrected chi connectivity index (χ0v) is 15.5. The highest BCUT2D eigenvalue weighted by atomic mass is 35.5. The second-order valence-corrected chi connectivity index (χ2v) is 7.70. The summed E-state index contributed by atoms with van der Waals surface area (Å²) in [6.07, 6.45) is 5.55. The summed E-state index contributed by atoms with van der Waals surface area (Å²) in [5.41, 5.74) is 0.781. The quantitative estimate of drug-likeness (QED) is 0.846. The number of carbonyl (C=O) groups excluding carboxylic acids is 1. The number of nitrogens with zero attached hydrogens (tertiary/aromatic N) is 2. The van der Waals surface area contributed by atoms with E-state index < -0.39 is 0 Å². The minimum Gasteiger partial charge on any atom is -0.328 e. The number of rotatable bonds is 6. The first-order valence-electron chi connectivity index (χ1n) is 9.04. The molecular formula is C19H28ClN3O. The molecule has 132 valence electrons. The highest BCUT2D eigenvalue weighted by Gasteiger charge is 2.47. The summed E-state index contributed by atoms with van der Waals surface area (Å²) >= 11 is 6.32. The van der Waals surface area contributed by atoms with Gasteiger partial charge in [-0.1, -0.05) is 29.8 Å². The van der Waals surface area contributed by atoms with Crippen molar-refractivity contribution in [2.45, 2.75) is 50.6 Å². The zero-order chi connectivity index (χ0) is 17.2. The minimum atomic E-state index is -0.260. The smallest absolute Gasteiger partial charge is 0.317 e. The first-order valence-corrected chi connectivity index (χ1v) is 9.42. The van der Waals surface area contributed by atoms with E-state index in [1.54, 1.807) is 0 Å². The Morgan fingerprint density at radius 2 is 2.00 bits per heavy atom. The van der Waals surface area contributed by atoms with E-state index in [9.17, 15) is 4.79 Å². The molecule has 0 unspecified atom stereocenters. The molecule has 0 spiro atoms. The van der Waals surface area contributed by atoms with Crippen molar-refractivity contribution in [1.82, 2.24) is 15.1 Å². The first kappa shape index (κ1) is 17.6. The Balaban J connectivity index is 1.52. The summed E-state index contributed by atoms with van der Waals surface area (Å²) in [7, 11) is 1.88. The highest BCUT2D eigenvalue weighted by molar-refractivity contribution is 6.31. The monoisotopic (exact) mass is 349 g/mol. The van der Waals surface area contributed by atoms with Gasteiger partial charge in [0, 0.05) is 24.7 Å². The molecule has 1 aliphatic heterocycles. The van der Waals surface area contributed by atoms with Gasteiger partial charge in [0.2, 0.25) is 0 Å². The van der Waals surface area contributed by atoms with Crippen molar-refractivity contribution in [2.24, 2.45) is 0 Å². The van der Waals surface area contributed by atoms with E-state index >= 15 is 0 Å². The van der Waals surface area contributed by atoms with Crippen LogP contribution in [0.1, 0.15) is 44.6 Å². The van der Waals surface area contributed by atoms with Crippen LogP contribution in [0.5, 0.6) is 0 Å². The number of urea groups is 1. The Kier molecular flexibility index (Phi) is 5.36. The van der Waals surface area contributed by atoms with Gasteiger partial charge in [0.05, 0.1) is 5.54 Å². The molecule has 1 aromatic rings. The fourth-order valence-electron chi connectivity index (χ4n) is 3.58. The largest absolute Gasteiger partial charge is 0.328 e. The van der Waals surface area contributed by atoms with E-state index in [4.69, 9.17) is 11.6 Å². The number of likely N-dealkylation sites (tertiary alicyclic amines) is 1. The van der Waals surface area contributed by atoms with Gasteiger partial charge in [-0.15, -0.1) is 0 Å². The number of benzene rings is 1. The molecule has 2 amide bonds. The number of hydrogen-bond acceptors (Lipinski definition) is 2. The predicted octanol–water partition coefficient (Wildman–Crippen LogP) is 3.84. The van der Waals surface area contributed by atoms with Crippen molar-refractivity contribution in [3.05, 3.63) is 34.9 Å². The Hall–Kier alpha value is -1.26. The van der Waals surface area contributed by atoms with E-state index in [1.807, 2.05) is 36.2 Å². The highest BCUT2D eigenvalue weighted by Crippen LogP contribution is 2.48. The van der Waals surface area contributed by atoms with Gasteiger partial charge < -0.3 is 15.1 Å². The fourth-order valence-corrected chi connectivity index (χ4v) is 3.90. The number of halogens is 1. The molecule has 24 heavy (non-hydrogen) atoms. The van der Waals surface area contributed by atoms with Gasteiger partial charge in [0.15, 0.2) is 0 Å². The van der Waals surface area contributed by atoms with Crippen molar-refractivity contribution in [1.29, 1.82) is 0 Å². The van der Waals surface area contributed by atoms with Crippen molar-refractivity contribution in [3.8, 4) is 0 Å². The molecule has 1 saturated carbocycles. The van der Waals surface area contributed by atoms with Crippen LogP contribution in [-0.4, -0.2) is 48.6 Å². The normalized spacial score (nSPS) is 20.6. The van der Waals surface area contributed by atoms with Crippen LogP contribution < -0.4 is 5.32 Å². The third-order valence-electron chi connectivity index (χ3n) is 5.48. The minimum absolute atomic E-state index is 0.000965. The van der Waals surface area contributed by atoms with Gasteiger partial charge in [-0.2, -0.15) is 0 Å². The van der Waals surface area contributed by atoms with Gasteiger partial charge in [-0.25, -0.2) is 4.79 Å². The fraction of sp³-hybridized carbons (Fsp3) is 0.632. The van der Waals surface area contributed by atoms with Crippen molar-refractivity contribution in [2.75, 3.05) is 26.7 Å². The molecule has 3 rings (SSSR count). The molecule has 0 bridgehead atoms. The lowest BCUT2D eigenvalue weighted by Gasteiger charge is -2.28. The topological polar surface area (TPSA) is 35.6 Å². The third-order valence-corrected chi connectivity index (χ3v) is 5.81. The molecule has 1 heterocycles. The molecule has 0 aromatic heterocycles. The van der Waals surface area contributed by atoms with Gasteiger partial charge >= 0.3 is 6.03 Å². The van der Waals surface area contributed by atoms with Gasteiger partial charge in [-0.3, -0.25) is 0 Å². The van der Waals surface area contributed by atoms with Crippen LogP contribution in [0.3, 0.4) is 0 Å². The molecule has 1 aromatic carbocycles. The third kappa shape index (κ3) is 3.86. The summed E-state index contributed by atoms with van der Waals surface area (Å²) in [6, 6.07) is 8.36. The molecule has 4 nitrogen and oxygen atoms in total. The Morgan fingerprint density at radius 3 is 2.62 bits per heavy atom. The molecule has 5 heteroatoms. The molecule has 1 N–H and O–H groups in total. The van der Waals surface area contributed by atoms with E-state index in [0.29, 0.717) is 6.04 Å². The van der Waals surface area contributed by atoms with Crippen LogP contribution in [-0.2, 0) is 5.54 Å². The van der Waals surface area contributed by atoms with Crippen LogP contribution >= 0.6 is 11.6 Å². The number of carbonyl (C=O) groups is 1. The molecular weight excluding hydrogens is 322 g/mol. The molecule has 1 saturated heterocycles. The Labute approximate surface area is 150 Å². The summed E-state index contributed by atoms with van der Waals surface area (Å²) in [4.78, 5) is 16.9. The average molecular weight is 350 g/mol. The van der Waals surface area contributed by atoms with E-state index in [-0.39, 0.29) is 11.6 Å².